The predicted molar refractivity (Wildman–Crippen MR) is 63.4 cm³/mol. The summed E-state index contributed by atoms with van der Waals surface area (Å²) >= 11 is -0.576. The van der Waals surface area contributed by atoms with Gasteiger partial charge in [0, 0.05) is 0 Å². The van der Waals surface area contributed by atoms with Crippen LogP contribution in [0.4, 0.5) is 0 Å². The van der Waals surface area contributed by atoms with E-state index < -0.39 is 17.8 Å². The minimum atomic E-state index is -0.576. The summed E-state index contributed by atoms with van der Waals surface area (Å²) in [6.45, 7) is 2.16. The zero-order chi connectivity index (χ0) is 10.7. The molecule has 0 amide bonds. The van der Waals surface area contributed by atoms with Crippen molar-refractivity contribution < 1.29 is 3.53 Å². The number of rotatable bonds is 3. The zero-order valence-corrected chi connectivity index (χ0v) is 11.4. The van der Waals surface area contributed by atoms with Gasteiger partial charge in [0.15, 0.2) is 0 Å². The molecule has 1 radical (unpaired) electrons. The van der Waals surface area contributed by atoms with Gasteiger partial charge in [-0.2, -0.15) is 0 Å². The van der Waals surface area contributed by atoms with Crippen LogP contribution in [0.5, 0.6) is 5.75 Å². The standard InChI is InChI=1S/C11H11NO.CH3.Ga/c1-2-8-6-9-4-3-5-12-11(9)10(13)7-8;;/h3-7,13H,2H2,1H3;1H3;/q;;+1/p-1. The van der Waals surface area contributed by atoms with Gasteiger partial charge in [0.25, 0.3) is 0 Å². The number of pyridine rings is 1. The van der Waals surface area contributed by atoms with Crippen molar-refractivity contribution in [3.8, 4) is 5.75 Å². The van der Waals surface area contributed by atoms with Crippen LogP contribution in [0.15, 0.2) is 30.5 Å². The molecule has 0 saturated carbocycles. The number of aryl methyl sites for hydroxylation is 1. The van der Waals surface area contributed by atoms with E-state index in [2.05, 4.69) is 35.6 Å². The van der Waals surface area contributed by atoms with Crippen molar-refractivity contribution >= 4 is 28.7 Å². The average molecular weight is 257 g/mol. The number of hydrogen-bond acceptors (Lipinski definition) is 2. The van der Waals surface area contributed by atoms with Crippen molar-refractivity contribution in [2.45, 2.75) is 18.8 Å². The van der Waals surface area contributed by atoms with E-state index in [-0.39, 0.29) is 0 Å². The summed E-state index contributed by atoms with van der Waals surface area (Å²) in [4.78, 5) is 4.38. The molecular formula is C12H13GaNO. The molecule has 2 rings (SSSR count). The number of aromatic nitrogens is 1. The van der Waals surface area contributed by atoms with Crippen LogP contribution in [-0.4, -0.2) is 22.8 Å². The Bertz CT molecular complexity index is 470. The Morgan fingerprint density at radius 2 is 2.27 bits per heavy atom. The summed E-state index contributed by atoms with van der Waals surface area (Å²) in [5.41, 5.74) is 4.46. The first-order valence-corrected chi connectivity index (χ1v) is 8.58. The Kier molecular flexibility index (Phi) is 3.33. The van der Waals surface area contributed by atoms with E-state index in [1.165, 1.54) is 10.9 Å². The molecule has 15 heavy (non-hydrogen) atoms. The van der Waals surface area contributed by atoms with Gasteiger partial charge in [-0.25, -0.2) is 0 Å². The summed E-state index contributed by atoms with van der Waals surface area (Å²) in [7, 11) is 0. The van der Waals surface area contributed by atoms with E-state index in [1.54, 1.807) is 0 Å². The first kappa shape index (κ1) is 10.6. The summed E-state index contributed by atoms with van der Waals surface area (Å²) in [5.74, 6) is 0.965. The van der Waals surface area contributed by atoms with Gasteiger partial charge in [-0.05, 0) is 0 Å². The molecule has 0 saturated heterocycles. The van der Waals surface area contributed by atoms with Gasteiger partial charge in [0.2, 0.25) is 0 Å². The molecule has 0 unspecified atom stereocenters. The first-order valence-electron chi connectivity index (χ1n) is 5.17. The number of hydrogen-bond donors (Lipinski definition) is 0. The van der Waals surface area contributed by atoms with Crippen LogP contribution in [0.1, 0.15) is 12.5 Å². The van der Waals surface area contributed by atoms with E-state index in [1.807, 2.05) is 12.3 Å². The minimum absolute atomic E-state index is 0.576. The second kappa shape index (κ2) is 4.72. The molecule has 0 bridgehead atoms. The molecule has 0 aliphatic carbocycles. The molecular weight excluding hydrogens is 244 g/mol. The molecule has 0 aliphatic heterocycles. The molecule has 3 heteroatoms. The summed E-state index contributed by atoms with van der Waals surface area (Å²) in [6.07, 6.45) is 2.86. The van der Waals surface area contributed by atoms with Crippen molar-refractivity contribution in [1.82, 2.24) is 4.98 Å². The third-order valence-electron chi connectivity index (χ3n) is 2.38. The Hall–Kier alpha value is -0.934. The van der Waals surface area contributed by atoms with Crippen molar-refractivity contribution in [3.05, 3.63) is 36.0 Å². The molecule has 0 fully saturated rings. The third kappa shape index (κ3) is 2.18. The molecule has 0 N–H and O–H groups in total. The SMILES string of the molecule is CCc1cc([O][Ga][CH3])c2ncccc2c1. The van der Waals surface area contributed by atoms with E-state index in [9.17, 15) is 0 Å². The van der Waals surface area contributed by atoms with Crippen molar-refractivity contribution in [2.75, 3.05) is 0 Å². The Labute approximate surface area is 97.9 Å². The molecule has 1 aromatic carbocycles. The Morgan fingerprint density at radius 3 is 3.00 bits per heavy atom. The average Bonchev–Trinajstić information content (AvgIpc) is 2.29. The van der Waals surface area contributed by atoms with Gasteiger partial charge >= 0.3 is 97.8 Å². The quantitative estimate of drug-likeness (QED) is 0.788. The third-order valence-corrected chi connectivity index (χ3v) is 3.41. The predicted octanol–water partition coefficient (Wildman–Crippen LogP) is 2.84. The second-order valence-corrected chi connectivity index (χ2v) is 4.86. The van der Waals surface area contributed by atoms with Crippen LogP contribution in [0, 0.1) is 0 Å². The molecule has 0 spiro atoms. The van der Waals surface area contributed by atoms with Crippen molar-refractivity contribution in [3.63, 3.8) is 0 Å². The Morgan fingerprint density at radius 1 is 1.40 bits per heavy atom. The van der Waals surface area contributed by atoms with Crippen LogP contribution >= 0.6 is 0 Å². The van der Waals surface area contributed by atoms with Gasteiger partial charge < -0.3 is 0 Å². The molecule has 2 aromatic rings. The van der Waals surface area contributed by atoms with Crippen LogP contribution in [0.3, 0.4) is 0 Å². The van der Waals surface area contributed by atoms with Crippen LogP contribution in [-0.2, 0) is 6.42 Å². The van der Waals surface area contributed by atoms with Gasteiger partial charge in [-0.15, -0.1) is 0 Å². The summed E-state index contributed by atoms with van der Waals surface area (Å²) in [6, 6.07) is 8.37. The fraction of sp³-hybridized carbons (Fsp3) is 0.250. The second-order valence-electron chi connectivity index (χ2n) is 3.38. The normalized spacial score (nSPS) is 10.3. The van der Waals surface area contributed by atoms with E-state index >= 15 is 0 Å². The number of nitrogens with zero attached hydrogens (tertiary/aromatic N) is 1. The van der Waals surface area contributed by atoms with Crippen LogP contribution in [0.25, 0.3) is 10.9 Å². The Balaban J connectivity index is 2.63. The monoisotopic (exact) mass is 256 g/mol. The molecule has 1 heterocycles. The zero-order valence-electron chi connectivity index (χ0n) is 9.03. The molecule has 0 atom stereocenters. The molecule has 75 valence electrons. The maximum atomic E-state index is 5.76. The topological polar surface area (TPSA) is 22.1 Å². The fourth-order valence-corrected chi connectivity index (χ4v) is 2.55. The van der Waals surface area contributed by atoms with Crippen LogP contribution < -0.4 is 3.53 Å². The number of fused-ring (bicyclic) bond motifs is 1. The van der Waals surface area contributed by atoms with Gasteiger partial charge in [-0.3, -0.25) is 0 Å². The first-order chi connectivity index (χ1) is 7.35. The number of benzene rings is 1. The summed E-state index contributed by atoms with van der Waals surface area (Å²) in [5, 5.41) is 1.18. The van der Waals surface area contributed by atoms with Gasteiger partial charge in [0.1, 0.15) is 0 Å². The van der Waals surface area contributed by atoms with E-state index in [4.69, 9.17) is 3.53 Å². The fourth-order valence-electron chi connectivity index (χ4n) is 1.64. The van der Waals surface area contributed by atoms with Crippen molar-refractivity contribution in [1.29, 1.82) is 0 Å². The molecule has 0 aliphatic rings. The van der Waals surface area contributed by atoms with E-state index in [0.29, 0.717) is 0 Å². The van der Waals surface area contributed by atoms with E-state index in [0.717, 1.165) is 17.7 Å². The maximum absolute atomic E-state index is 5.76. The van der Waals surface area contributed by atoms with Gasteiger partial charge in [-0.1, -0.05) is 0 Å². The summed E-state index contributed by atoms with van der Waals surface area (Å²) < 4.78 is 5.76. The molecule has 2 nitrogen and oxygen atoms in total. The van der Waals surface area contributed by atoms with Crippen LogP contribution in [0.2, 0.25) is 5.48 Å². The van der Waals surface area contributed by atoms with Crippen molar-refractivity contribution in [2.24, 2.45) is 0 Å². The van der Waals surface area contributed by atoms with Gasteiger partial charge in [0.05, 0.1) is 0 Å². The molecule has 1 aromatic heterocycles.